The lowest BCUT2D eigenvalue weighted by atomic mass is 9.99. The van der Waals surface area contributed by atoms with Crippen molar-refractivity contribution in [2.75, 3.05) is 32.8 Å². The van der Waals surface area contributed by atoms with Gasteiger partial charge in [-0.1, -0.05) is 30.3 Å². The van der Waals surface area contributed by atoms with Gasteiger partial charge in [0.1, 0.15) is 5.76 Å². The molecule has 2 atom stereocenters. The summed E-state index contributed by atoms with van der Waals surface area (Å²) in [5, 5.41) is 3.56. The molecule has 3 heterocycles. The van der Waals surface area contributed by atoms with Gasteiger partial charge in [0.15, 0.2) is 5.96 Å². The first kappa shape index (κ1) is 18.1. The number of hydrogen-bond acceptors (Lipinski definition) is 3. The normalized spacial score (nSPS) is 23.1. The van der Waals surface area contributed by atoms with Crippen LogP contribution in [0.1, 0.15) is 36.5 Å². The van der Waals surface area contributed by atoms with E-state index >= 15 is 0 Å². The maximum Gasteiger partial charge on any atom is 0.194 e. The van der Waals surface area contributed by atoms with Crippen LogP contribution in [0.25, 0.3) is 0 Å². The summed E-state index contributed by atoms with van der Waals surface area (Å²) >= 11 is 0. The molecule has 1 aromatic heterocycles. The first-order valence-corrected chi connectivity index (χ1v) is 10.1. The van der Waals surface area contributed by atoms with Crippen LogP contribution in [0.5, 0.6) is 0 Å². The molecular weight excluding hydrogens is 338 g/mol. The lowest BCUT2D eigenvalue weighted by Crippen LogP contribution is -2.41. The first-order chi connectivity index (χ1) is 13.4. The Bertz CT molecular complexity index is 708. The van der Waals surface area contributed by atoms with E-state index in [0.717, 1.165) is 63.8 Å². The van der Waals surface area contributed by atoms with Gasteiger partial charge in [-0.2, -0.15) is 0 Å². The largest absolute Gasteiger partial charge is 0.469 e. The van der Waals surface area contributed by atoms with Crippen LogP contribution in [-0.4, -0.2) is 49.7 Å². The summed E-state index contributed by atoms with van der Waals surface area (Å²) in [5.41, 5.74) is 1.43. The second-order valence-electron chi connectivity index (χ2n) is 7.40. The Morgan fingerprint density at radius 2 is 2.07 bits per heavy atom. The summed E-state index contributed by atoms with van der Waals surface area (Å²) in [5.74, 6) is 2.59. The second kappa shape index (κ2) is 9.09. The van der Waals surface area contributed by atoms with E-state index in [4.69, 9.17) is 14.1 Å². The molecule has 0 amide bonds. The highest BCUT2D eigenvalue weighted by atomic mass is 16.5. The highest BCUT2D eigenvalue weighted by molar-refractivity contribution is 5.80. The number of rotatable bonds is 6. The van der Waals surface area contributed by atoms with Gasteiger partial charge in [-0.3, -0.25) is 4.99 Å². The van der Waals surface area contributed by atoms with Crippen molar-refractivity contribution in [3.05, 3.63) is 60.1 Å². The Hall–Kier alpha value is -2.27. The molecule has 2 saturated heterocycles. The van der Waals surface area contributed by atoms with Crippen LogP contribution in [0.15, 0.2) is 58.1 Å². The maximum absolute atomic E-state index is 5.75. The predicted octanol–water partition coefficient (Wildman–Crippen LogP) is 3.44. The minimum absolute atomic E-state index is 0.277. The Morgan fingerprint density at radius 3 is 2.85 bits per heavy atom. The number of aliphatic imine (C=N–C) groups is 1. The molecule has 2 aliphatic rings. The molecule has 2 aromatic rings. The lowest BCUT2D eigenvalue weighted by Gasteiger charge is -2.23. The van der Waals surface area contributed by atoms with Crippen molar-refractivity contribution in [1.82, 2.24) is 10.2 Å². The fourth-order valence-corrected chi connectivity index (χ4v) is 3.95. The molecule has 0 bridgehead atoms. The first-order valence-electron chi connectivity index (χ1n) is 10.1. The van der Waals surface area contributed by atoms with Crippen LogP contribution in [0.2, 0.25) is 0 Å². The summed E-state index contributed by atoms with van der Waals surface area (Å²) < 4.78 is 11.2. The smallest absolute Gasteiger partial charge is 0.194 e. The molecule has 0 aliphatic carbocycles. The van der Waals surface area contributed by atoms with Crippen molar-refractivity contribution in [2.45, 2.75) is 37.7 Å². The van der Waals surface area contributed by atoms with Gasteiger partial charge in [0.2, 0.25) is 0 Å². The summed E-state index contributed by atoms with van der Waals surface area (Å²) in [7, 11) is 0. The van der Waals surface area contributed by atoms with E-state index in [2.05, 4.69) is 40.5 Å². The monoisotopic (exact) mass is 367 g/mol. The van der Waals surface area contributed by atoms with Crippen LogP contribution in [0.4, 0.5) is 0 Å². The molecule has 2 aliphatic heterocycles. The third-order valence-corrected chi connectivity index (χ3v) is 5.46. The lowest BCUT2D eigenvalue weighted by molar-refractivity contribution is 0.117. The zero-order valence-corrected chi connectivity index (χ0v) is 15.8. The molecule has 1 aromatic carbocycles. The minimum Gasteiger partial charge on any atom is -0.469 e. The van der Waals surface area contributed by atoms with Crippen molar-refractivity contribution in [1.29, 1.82) is 0 Å². The van der Waals surface area contributed by atoms with Gasteiger partial charge in [0.05, 0.1) is 18.9 Å². The molecule has 1 N–H and O–H groups in total. The van der Waals surface area contributed by atoms with Gasteiger partial charge in [0, 0.05) is 38.6 Å². The third-order valence-electron chi connectivity index (χ3n) is 5.46. The number of benzene rings is 1. The number of ether oxygens (including phenoxy) is 1. The Kier molecular flexibility index (Phi) is 6.10. The quantitative estimate of drug-likeness (QED) is 0.628. The molecule has 5 nitrogen and oxygen atoms in total. The van der Waals surface area contributed by atoms with E-state index in [1.165, 1.54) is 12.0 Å². The van der Waals surface area contributed by atoms with E-state index < -0.39 is 0 Å². The molecule has 0 radical (unpaired) electrons. The van der Waals surface area contributed by atoms with E-state index in [1.807, 2.05) is 12.1 Å². The molecule has 0 spiro atoms. The molecule has 144 valence electrons. The van der Waals surface area contributed by atoms with Crippen LogP contribution in [-0.2, 0) is 11.2 Å². The topological polar surface area (TPSA) is 50.0 Å². The van der Waals surface area contributed by atoms with Crippen molar-refractivity contribution >= 4 is 5.96 Å². The zero-order chi connectivity index (χ0) is 18.3. The van der Waals surface area contributed by atoms with Crippen molar-refractivity contribution < 1.29 is 9.15 Å². The van der Waals surface area contributed by atoms with Gasteiger partial charge < -0.3 is 19.4 Å². The average Bonchev–Trinajstić information content (AvgIpc) is 3.48. The Balaban J connectivity index is 1.38. The summed E-state index contributed by atoms with van der Waals surface area (Å²) in [4.78, 5) is 7.31. The molecule has 5 heteroatoms. The summed E-state index contributed by atoms with van der Waals surface area (Å²) in [6.07, 6.45) is 6.31. The van der Waals surface area contributed by atoms with E-state index in [9.17, 15) is 0 Å². The fourth-order valence-electron chi connectivity index (χ4n) is 3.95. The van der Waals surface area contributed by atoms with Crippen molar-refractivity contribution in [3.8, 4) is 0 Å². The fraction of sp³-hybridized carbons (Fsp3) is 0.500. The molecule has 2 fully saturated rings. The van der Waals surface area contributed by atoms with Crippen LogP contribution in [0.3, 0.4) is 0 Å². The Labute approximate surface area is 161 Å². The summed E-state index contributed by atoms with van der Waals surface area (Å²) in [6, 6.07) is 14.8. The number of nitrogens with one attached hydrogen (secondary N) is 1. The van der Waals surface area contributed by atoms with E-state index in [-0.39, 0.29) is 6.10 Å². The van der Waals surface area contributed by atoms with Gasteiger partial charge >= 0.3 is 0 Å². The van der Waals surface area contributed by atoms with Gasteiger partial charge in [0.25, 0.3) is 0 Å². The zero-order valence-electron chi connectivity index (χ0n) is 15.8. The van der Waals surface area contributed by atoms with E-state index in [1.54, 1.807) is 6.26 Å². The molecule has 4 rings (SSSR count). The van der Waals surface area contributed by atoms with Gasteiger partial charge in [-0.15, -0.1) is 0 Å². The van der Waals surface area contributed by atoms with E-state index in [0.29, 0.717) is 5.92 Å². The van der Waals surface area contributed by atoms with Gasteiger partial charge in [-0.25, -0.2) is 0 Å². The van der Waals surface area contributed by atoms with Crippen molar-refractivity contribution in [3.63, 3.8) is 0 Å². The highest BCUT2D eigenvalue weighted by Crippen LogP contribution is 2.27. The minimum atomic E-state index is 0.277. The molecule has 27 heavy (non-hydrogen) atoms. The second-order valence-corrected chi connectivity index (χ2v) is 7.40. The van der Waals surface area contributed by atoms with Crippen molar-refractivity contribution in [2.24, 2.45) is 4.99 Å². The third kappa shape index (κ3) is 4.92. The average molecular weight is 367 g/mol. The van der Waals surface area contributed by atoms with Crippen LogP contribution >= 0.6 is 0 Å². The highest BCUT2D eigenvalue weighted by Gasteiger charge is 2.26. The number of nitrogens with zero attached hydrogens (tertiary/aromatic N) is 2. The standard InChI is InChI=1S/C22H29N3O2/c1-2-6-18(7-3-1)19-11-13-25(17-19)22(24-16-21-9-5-15-27-21)23-12-10-20-8-4-14-26-20/h1-4,6-8,14,19,21H,5,9-13,15-17H2,(H,23,24). The van der Waals surface area contributed by atoms with Gasteiger partial charge in [-0.05, 0) is 37.0 Å². The summed E-state index contributed by atoms with van der Waals surface area (Å²) in [6.45, 7) is 4.50. The predicted molar refractivity (Wildman–Crippen MR) is 107 cm³/mol. The Morgan fingerprint density at radius 1 is 1.15 bits per heavy atom. The number of guanidine groups is 1. The number of hydrogen-bond donors (Lipinski definition) is 1. The molecule has 0 saturated carbocycles. The SMILES string of the molecule is c1ccc(C2CCN(C(=NCC3CCCO3)NCCc3ccco3)C2)cc1. The molecule has 2 unspecified atom stereocenters. The van der Waals surface area contributed by atoms with Crippen LogP contribution in [0, 0.1) is 0 Å². The maximum atomic E-state index is 5.75. The number of furan rings is 1. The van der Waals surface area contributed by atoms with Crippen LogP contribution < -0.4 is 5.32 Å². The number of likely N-dealkylation sites (tertiary alicyclic amines) is 1. The molecular formula is C22H29N3O2.